The van der Waals surface area contributed by atoms with Gasteiger partial charge in [-0.15, -0.1) is 0 Å². The largest absolute Gasteiger partial charge is 0.239 e. The Labute approximate surface area is 383 Å². The Kier molecular flexibility index (Phi) is 10.5. The van der Waals surface area contributed by atoms with Crippen LogP contribution in [0.15, 0.2) is 212 Å². The molecule has 3 heterocycles. The first-order valence-corrected chi connectivity index (χ1v) is 22.0. The van der Waals surface area contributed by atoms with Crippen LogP contribution in [-0.2, 0) is 0 Å². The molecule has 0 radical (unpaired) electrons. The van der Waals surface area contributed by atoms with Crippen LogP contribution in [0, 0.1) is 13.8 Å². The van der Waals surface area contributed by atoms with Crippen molar-refractivity contribution < 1.29 is 0 Å². The first-order valence-electron chi connectivity index (χ1n) is 22.0. The first kappa shape index (κ1) is 40.0. The summed E-state index contributed by atoms with van der Waals surface area (Å²) in [5.74, 6) is 3.13. The Morgan fingerprint density at radius 1 is 0.258 bits per heavy atom. The molecule has 3 aromatic heterocycles. The molecule has 0 aliphatic heterocycles. The summed E-state index contributed by atoms with van der Waals surface area (Å²) in [6, 6.07) is 72.8. The number of hydrogen-bond donors (Lipinski definition) is 0. The quantitative estimate of drug-likeness (QED) is 0.143. The van der Waals surface area contributed by atoms with Gasteiger partial charge in [0.15, 0.2) is 23.3 Å². The molecule has 0 atom stereocenters. The third-order valence-electron chi connectivity index (χ3n) is 11.7. The first-order chi connectivity index (χ1) is 32.5. The molecule has 0 N–H and O–H groups in total. The maximum atomic E-state index is 5.23. The van der Waals surface area contributed by atoms with Gasteiger partial charge in [-0.25, -0.2) is 34.9 Å². The van der Waals surface area contributed by atoms with Gasteiger partial charge in [-0.1, -0.05) is 188 Å². The zero-order valence-corrected chi connectivity index (χ0v) is 36.3. The second-order valence-electron chi connectivity index (χ2n) is 16.2. The van der Waals surface area contributed by atoms with Crippen molar-refractivity contribution in [1.29, 1.82) is 0 Å². The van der Waals surface area contributed by atoms with Gasteiger partial charge in [0.2, 0.25) is 0 Å². The lowest BCUT2D eigenvalue weighted by atomic mass is 9.86. The maximum absolute atomic E-state index is 5.23. The second kappa shape index (κ2) is 17.4. The SMILES string of the molecule is Cc1cc(-c2cccc(-c3cccc(-c4cc(-c5ccc6ccccc6c5)nc(-c5ccccc5)n4)c3)c2-c2ccccc2-c2nc(-c3ccccc3)nc(-c3ccccc3)n2)nc(C)n1. The van der Waals surface area contributed by atoms with Crippen LogP contribution in [0.3, 0.4) is 0 Å². The summed E-state index contributed by atoms with van der Waals surface area (Å²) < 4.78 is 0. The van der Waals surface area contributed by atoms with Crippen molar-refractivity contribution in [2.75, 3.05) is 0 Å². The predicted octanol–water partition coefficient (Wildman–Crippen LogP) is 14.2. The molecule has 312 valence electrons. The summed E-state index contributed by atoms with van der Waals surface area (Å²) in [5, 5.41) is 2.34. The van der Waals surface area contributed by atoms with Crippen molar-refractivity contribution in [2.24, 2.45) is 0 Å². The topological polar surface area (TPSA) is 90.2 Å². The van der Waals surface area contributed by atoms with E-state index < -0.39 is 0 Å². The van der Waals surface area contributed by atoms with E-state index in [0.717, 1.165) is 89.4 Å². The predicted molar refractivity (Wildman–Crippen MR) is 267 cm³/mol. The summed E-state index contributed by atoms with van der Waals surface area (Å²) in [5.41, 5.74) is 14.0. The number of hydrogen-bond acceptors (Lipinski definition) is 7. The molecule has 0 saturated heterocycles. The molecule has 11 rings (SSSR count). The molecule has 0 saturated carbocycles. The smallest absolute Gasteiger partial charge is 0.164 e. The molecule has 7 nitrogen and oxygen atoms in total. The summed E-state index contributed by atoms with van der Waals surface area (Å²) in [6.45, 7) is 3.95. The highest BCUT2D eigenvalue weighted by molar-refractivity contribution is 5.99. The Morgan fingerprint density at radius 3 is 1.39 bits per heavy atom. The van der Waals surface area contributed by atoms with Gasteiger partial charge in [-0.3, -0.25) is 0 Å². The molecule has 0 fully saturated rings. The highest BCUT2D eigenvalue weighted by Gasteiger charge is 2.22. The van der Waals surface area contributed by atoms with Crippen molar-refractivity contribution in [2.45, 2.75) is 13.8 Å². The third kappa shape index (κ3) is 8.02. The second-order valence-corrected chi connectivity index (χ2v) is 16.2. The van der Waals surface area contributed by atoms with Gasteiger partial charge in [0.05, 0.1) is 17.1 Å². The van der Waals surface area contributed by atoms with E-state index in [1.807, 2.05) is 98.8 Å². The van der Waals surface area contributed by atoms with E-state index >= 15 is 0 Å². The average molecular weight is 848 g/mol. The molecular formula is C59H41N7. The van der Waals surface area contributed by atoms with Crippen LogP contribution in [0.4, 0.5) is 0 Å². The maximum Gasteiger partial charge on any atom is 0.164 e. The number of fused-ring (bicyclic) bond motifs is 1. The molecule has 0 amide bonds. The Morgan fingerprint density at radius 2 is 0.742 bits per heavy atom. The third-order valence-corrected chi connectivity index (χ3v) is 11.7. The molecule has 0 aliphatic rings. The lowest BCUT2D eigenvalue weighted by Gasteiger charge is -2.19. The minimum atomic E-state index is 0.568. The molecule has 0 unspecified atom stereocenters. The zero-order valence-electron chi connectivity index (χ0n) is 36.3. The van der Waals surface area contributed by atoms with E-state index in [9.17, 15) is 0 Å². The van der Waals surface area contributed by atoms with E-state index in [4.69, 9.17) is 29.9 Å². The molecular weight excluding hydrogens is 807 g/mol. The number of benzene rings is 8. The van der Waals surface area contributed by atoms with Gasteiger partial charge < -0.3 is 0 Å². The number of aromatic nitrogens is 7. The fourth-order valence-corrected chi connectivity index (χ4v) is 8.63. The Hall–Kier alpha value is -8.81. The van der Waals surface area contributed by atoms with Gasteiger partial charge in [0.1, 0.15) is 5.82 Å². The molecule has 66 heavy (non-hydrogen) atoms. The minimum absolute atomic E-state index is 0.568. The highest BCUT2D eigenvalue weighted by atomic mass is 15.0. The van der Waals surface area contributed by atoms with Crippen LogP contribution in [0.1, 0.15) is 11.5 Å². The van der Waals surface area contributed by atoms with Gasteiger partial charge in [-0.2, -0.15) is 0 Å². The number of nitrogens with zero attached hydrogens (tertiary/aromatic N) is 7. The number of aryl methyl sites for hydroxylation is 2. The van der Waals surface area contributed by atoms with Crippen LogP contribution >= 0.6 is 0 Å². The standard InChI is InChI=1S/C59H41N7/c1-38-34-54(61-39(2)60-38)51-31-17-30-48(55(51)49-28-14-15-29-50(49)59-65-57(42-21-8-4-9-22-42)64-58(66-59)43-23-10-5-11-24-43)45-26-16-27-46(36-45)52-37-53(63-56(62-52)41-19-6-3-7-20-41)47-33-32-40-18-12-13-25-44(40)35-47/h3-37H,1-2H3. The van der Waals surface area contributed by atoms with E-state index in [1.165, 1.54) is 5.39 Å². The highest BCUT2D eigenvalue weighted by Crippen LogP contribution is 2.44. The van der Waals surface area contributed by atoms with Crippen molar-refractivity contribution in [3.8, 4) is 102 Å². The summed E-state index contributed by atoms with van der Waals surface area (Å²) >= 11 is 0. The van der Waals surface area contributed by atoms with Crippen LogP contribution in [0.2, 0.25) is 0 Å². The lowest BCUT2D eigenvalue weighted by Crippen LogP contribution is -2.02. The lowest BCUT2D eigenvalue weighted by molar-refractivity contribution is 1.02. The van der Waals surface area contributed by atoms with E-state index in [0.29, 0.717) is 29.1 Å². The van der Waals surface area contributed by atoms with Crippen molar-refractivity contribution in [3.05, 3.63) is 224 Å². The minimum Gasteiger partial charge on any atom is -0.239 e. The summed E-state index contributed by atoms with van der Waals surface area (Å²) in [7, 11) is 0. The van der Waals surface area contributed by atoms with Crippen molar-refractivity contribution >= 4 is 10.8 Å². The van der Waals surface area contributed by atoms with Crippen molar-refractivity contribution in [1.82, 2.24) is 34.9 Å². The van der Waals surface area contributed by atoms with Gasteiger partial charge in [0, 0.05) is 44.6 Å². The molecule has 7 heteroatoms. The van der Waals surface area contributed by atoms with Crippen LogP contribution in [-0.4, -0.2) is 34.9 Å². The fraction of sp³-hybridized carbons (Fsp3) is 0.0339. The normalized spacial score (nSPS) is 11.2. The Bertz CT molecular complexity index is 3480. The average Bonchev–Trinajstić information content (AvgIpc) is 3.38. The molecule has 11 aromatic rings. The summed E-state index contributed by atoms with van der Waals surface area (Å²) in [4.78, 5) is 35.5. The van der Waals surface area contributed by atoms with E-state index in [2.05, 4.69) is 132 Å². The monoisotopic (exact) mass is 847 g/mol. The molecule has 0 spiro atoms. The van der Waals surface area contributed by atoms with Gasteiger partial charge in [0.25, 0.3) is 0 Å². The molecule has 0 bridgehead atoms. The summed E-state index contributed by atoms with van der Waals surface area (Å²) in [6.07, 6.45) is 0. The van der Waals surface area contributed by atoms with Gasteiger partial charge in [-0.05, 0) is 71.1 Å². The fourth-order valence-electron chi connectivity index (χ4n) is 8.63. The number of rotatable bonds is 9. The van der Waals surface area contributed by atoms with E-state index in [1.54, 1.807) is 0 Å². The van der Waals surface area contributed by atoms with Crippen LogP contribution < -0.4 is 0 Å². The Balaban J connectivity index is 1.12. The van der Waals surface area contributed by atoms with E-state index in [-0.39, 0.29) is 0 Å². The van der Waals surface area contributed by atoms with Gasteiger partial charge >= 0.3 is 0 Å². The van der Waals surface area contributed by atoms with Crippen LogP contribution in [0.25, 0.3) is 112 Å². The molecule has 8 aromatic carbocycles. The molecule has 0 aliphatic carbocycles. The van der Waals surface area contributed by atoms with Crippen molar-refractivity contribution in [3.63, 3.8) is 0 Å². The zero-order chi connectivity index (χ0) is 44.4. The van der Waals surface area contributed by atoms with Crippen LogP contribution in [0.5, 0.6) is 0 Å².